The lowest BCUT2D eigenvalue weighted by Crippen LogP contribution is -2.15. The van der Waals surface area contributed by atoms with Gasteiger partial charge in [-0.15, -0.1) is 0 Å². The van der Waals surface area contributed by atoms with Crippen LogP contribution in [0.3, 0.4) is 0 Å². The molecule has 1 fully saturated rings. The Balaban J connectivity index is 0.000000126. The minimum absolute atomic E-state index is 0.0709. The van der Waals surface area contributed by atoms with E-state index in [9.17, 15) is 0 Å². The van der Waals surface area contributed by atoms with E-state index in [0.717, 1.165) is 6.42 Å². The molecule has 2 unspecified atom stereocenters. The van der Waals surface area contributed by atoms with Crippen molar-refractivity contribution >= 4 is 21.5 Å². The van der Waals surface area contributed by atoms with Crippen molar-refractivity contribution in [3.8, 4) is 44.5 Å². The molecule has 0 saturated heterocycles. The molecule has 3 aliphatic rings. The quantitative estimate of drug-likeness (QED) is 0.140. The molecule has 0 heteroatoms. The van der Waals surface area contributed by atoms with Gasteiger partial charge < -0.3 is 0 Å². The van der Waals surface area contributed by atoms with Crippen LogP contribution in [-0.4, -0.2) is 0 Å². The Morgan fingerprint density at radius 2 is 1.14 bits per heavy atom. The van der Waals surface area contributed by atoms with Crippen molar-refractivity contribution in [1.29, 1.82) is 0 Å². The summed E-state index contributed by atoms with van der Waals surface area (Å²) >= 11 is 0. The number of benzene rings is 9. The summed E-state index contributed by atoms with van der Waals surface area (Å²) in [6.07, 6.45) is 13.2. The van der Waals surface area contributed by atoms with Gasteiger partial charge in [-0.2, -0.15) is 0 Å². The highest BCUT2D eigenvalue weighted by Gasteiger charge is 2.35. The third-order valence-corrected chi connectivity index (χ3v) is 15.8. The van der Waals surface area contributed by atoms with Crippen molar-refractivity contribution in [2.75, 3.05) is 0 Å². The van der Waals surface area contributed by atoms with Crippen LogP contribution in [0.15, 0.2) is 212 Å². The van der Waals surface area contributed by atoms with E-state index in [4.69, 9.17) is 0 Å². The Hall–Kier alpha value is -7.02. The van der Waals surface area contributed by atoms with Crippen LogP contribution in [0.25, 0.3) is 66.1 Å². The summed E-state index contributed by atoms with van der Waals surface area (Å²) in [6, 6.07) is 69.5. The first kappa shape index (κ1) is 46.7. The standard InChI is InChI=1S/C30H30.C22H20.C18H18/c1-21-13-15-23(16-14-21)24-17-19-25(20-18-24)28-11-6-12-29(30(28)26-8-5-9-26)27-10-4-3-7-22(27)2;1-15-9-11-18-19-12-10-17(16-7-5-4-6-8-16)14-21(19)22(2,3)20(18)13-15;1-3-13(2)14-8-9-17-11-15-6-4-5-7-16(15)12-18(17)10-14/h3-4,6-7,10-15,17-20,23,26H,5,8-9,16H2,1-2H3;4-14H,1-3H3;4-13H,3H2,1-2H3. The molecule has 3 aliphatic carbocycles. The Labute approximate surface area is 418 Å². The number of hydrogen-bond acceptors (Lipinski definition) is 0. The first-order valence-electron chi connectivity index (χ1n) is 25.9. The molecule has 9 aromatic rings. The van der Waals surface area contributed by atoms with Crippen LogP contribution in [0.5, 0.6) is 0 Å². The zero-order valence-electron chi connectivity index (χ0n) is 42.4. The predicted octanol–water partition coefficient (Wildman–Crippen LogP) is 20.1. The molecule has 0 heterocycles. The van der Waals surface area contributed by atoms with E-state index in [2.05, 4.69) is 255 Å². The van der Waals surface area contributed by atoms with Crippen molar-refractivity contribution in [3.05, 3.63) is 251 Å². The SMILES string of the molecule is CC1=CCC(c2ccc(-c3cccc(-c4ccccc4C)c3C3CCC3)cc2)C=C1.CCC(C)c1ccc2cc3ccccc3cc2c1.Cc1ccc2c(c1)C(C)(C)c1cc(-c3ccccc3)ccc1-2. The predicted molar refractivity (Wildman–Crippen MR) is 303 cm³/mol. The second kappa shape index (κ2) is 20.1. The number of fused-ring (bicyclic) bond motifs is 5. The Bertz CT molecular complexity index is 3370. The molecule has 0 amide bonds. The summed E-state index contributed by atoms with van der Waals surface area (Å²) in [4.78, 5) is 0. The van der Waals surface area contributed by atoms with Crippen LogP contribution in [0.4, 0.5) is 0 Å². The average Bonchev–Trinajstić information content (AvgIpc) is 3.60. The lowest BCUT2D eigenvalue weighted by Gasteiger charge is -2.31. The molecule has 12 rings (SSSR count). The maximum Gasteiger partial charge on any atom is 0.0159 e. The van der Waals surface area contributed by atoms with Gasteiger partial charge in [0.15, 0.2) is 0 Å². The number of rotatable bonds is 7. The van der Waals surface area contributed by atoms with Crippen molar-refractivity contribution in [2.24, 2.45) is 0 Å². The monoisotopic (exact) mass is 909 g/mol. The molecule has 70 heavy (non-hydrogen) atoms. The van der Waals surface area contributed by atoms with E-state index < -0.39 is 0 Å². The maximum atomic E-state index is 2.38. The first-order chi connectivity index (χ1) is 34.0. The van der Waals surface area contributed by atoms with E-state index in [0.29, 0.717) is 17.8 Å². The van der Waals surface area contributed by atoms with Crippen molar-refractivity contribution < 1.29 is 0 Å². The summed E-state index contributed by atoms with van der Waals surface area (Å²) in [5.74, 6) is 1.83. The Morgan fingerprint density at radius 3 is 1.83 bits per heavy atom. The summed E-state index contributed by atoms with van der Waals surface area (Å²) < 4.78 is 0. The van der Waals surface area contributed by atoms with Crippen LogP contribution < -0.4 is 0 Å². The molecular formula is C70H68. The minimum Gasteiger partial charge on any atom is -0.0807 e. The lowest BCUT2D eigenvalue weighted by molar-refractivity contribution is 0.421. The van der Waals surface area contributed by atoms with Gasteiger partial charge in [0.25, 0.3) is 0 Å². The van der Waals surface area contributed by atoms with Crippen LogP contribution >= 0.6 is 0 Å². The van der Waals surface area contributed by atoms with Gasteiger partial charge in [-0.25, -0.2) is 0 Å². The molecule has 2 atom stereocenters. The van der Waals surface area contributed by atoms with E-state index in [1.165, 1.54) is 131 Å². The minimum atomic E-state index is 0.0709. The van der Waals surface area contributed by atoms with Crippen molar-refractivity contribution in [1.82, 2.24) is 0 Å². The molecule has 1 saturated carbocycles. The fourth-order valence-electron chi connectivity index (χ4n) is 11.1. The van der Waals surface area contributed by atoms with Crippen LogP contribution in [0.1, 0.15) is 123 Å². The number of allylic oxidation sites excluding steroid dienone is 4. The van der Waals surface area contributed by atoms with Crippen LogP contribution in [0.2, 0.25) is 0 Å². The van der Waals surface area contributed by atoms with E-state index in [-0.39, 0.29) is 5.41 Å². The van der Waals surface area contributed by atoms with Gasteiger partial charge in [-0.05, 0) is 176 Å². The molecule has 348 valence electrons. The molecule has 0 bridgehead atoms. The summed E-state index contributed by atoms with van der Waals surface area (Å²) in [5, 5.41) is 5.33. The molecule has 0 aliphatic heterocycles. The largest absolute Gasteiger partial charge is 0.0807 e. The second-order valence-electron chi connectivity index (χ2n) is 20.9. The van der Waals surface area contributed by atoms with Crippen LogP contribution in [-0.2, 0) is 5.41 Å². The normalized spacial score (nSPS) is 15.9. The molecule has 0 N–H and O–H groups in total. The highest BCUT2D eigenvalue weighted by atomic mass is 14.4. The highest BCUT2D eigenvalue weighted by Crippen LogP contribution is 2.50. The maximum absolute atomic E-state index is 2.38. The van der Waals surface area contributed by atoms with E-state index in [1.807, 2.05) is 0 Å². The average molecular weight is 909 g/mol. The smallest absolute Gasteiger partial charge is 0.0159 e. The number of hydrogen-bond donors (Lipinski definition) is 0. The molecular weight excluding hydrogens is 841 g/mol. The molecule has 0 nitrogen and oxygen atoms in total. The van der Waals surface area contributed by atoms with Gasteiger partial charge in [0.2, 0.25) is 0 Å². The fourth-order valence-corrected chi connectivity index (χ4v) is 11.1. The third kappa shape index (κ3) is 9.50. The lowest BCUT2D eigenvalue weighted by atomic mass is 9.74. The van der Waals surface area contributed by atoms with Crippen molar-refractivity contribution in [3.63, 3.8) is 0 Å². The molecule has 9 aromatic carbocycles. The van der Waals surface area contributed by atoms with E-state index in [1.54, 1.807) is 5.56 Å². The summed E-state index contributed by atoms with van der Waals surface area (Å²) in [5.41, 5.74) is 22.4. The summed E-state index contributed by atoms with van der Waals surface area (Å²) in [6.45, 7) is 15.8. The van der Waals surface area contributed by atoms with Gasteiger partial charge >= 0.3 is 0 Å². The third-order valence-electron chi connectivity index (χ3n) is 15.8. The zero-order valence-corrected chi connectivity index (χ0v) is 42.4. The van der Waals surface area contributed by atoms with Crippen LogP contribution in [0, 0.1) is 13.8 Å². The van der Waals surface area contributed by atoms with Crippen molar-refractivity contribution in [2.45, 2.75) is 104 Å². The fraction of sp³-hybridized carbons (Fsp3) is 0.229. The highest BCUT2D eigenvalue weighted by molar-refractivity contribution is 5.98. The molecule has 0 radical (unpaired) electrons. The summed E-state index contributed by atoms with van der Waals surface area (Å²) in [7, 11) is 0. The van der Waals surface area contributed by atoms with Gasteiger partial charge in [0, 0.05) is 11.3 Å². The van der Waals surface area contributed by atoms with Gasteiger partial charge in [0.1, 0.15) is 0 Å². The van der Waals surface area contributed by atoms with Gasteiger partial charge in [-0.3, -0.25) is 0 Å². The second-order valence-corrected chi connectivity index (χ2v) is 20.9. The zero-order chi connectivity index (χ0) is 48.4. The van der Waals surface area contributed by atoms with E-state index >= 15 is 0 Å². The Morgan fingerprint density at radius 1 is 0.514 bits per heavy atom. The molecule has 0 aromatic heterocycles. The number of aryl methyl sites for hydroxylation is 2. The topological polar surface area (TPSA) is 0 Å². The van der Waals surface area contributed by atoms with Gasteiger partial charge in [-0.1, -0.05) is 233 Å². The molecule has 0 spiro atoms. The Kier molecular flexibility index (Phi) is 13.4. The first-order valence-corrected chi connectivity index (χ1v) is 25.9. The van der Waals surface area contributed by atoms with Gasteiger partial charge in [0.05, 0.1) is 0 Å².